The molecule has 0 atom stereocenters. The molecule has 6 heteroatoms. The molecule has 2 rings (SSSR count). The standard InChI is InChI=1S/C15H32N2Si4/c1-18(2,3)16-20(7,8)17(19(4,5)6)21(16,9)15-13-11-10-12-14-15/h10-14H,1-9H3. The quantitative estimate of drug-likeness (QED) is 0.760. The van der Waals surface area contributed by atoms with Crippen LogP contribution in [0.1, 0.15) is 0 Å². The third kappa shape index (κ3) is 2.59. The normalized spacial score (nSPS) is 22.9. The first kappa shape index (κ1) is 17.4. The summed E-state index contributed by atoms with van der Waals surface area (Å²) in [7, 11) is -5.75. The van der Waals surface area contributed by atoms with E-state index in [1.54, 1.807) is 5.19 Å². The molecule has 1 aliphatic rings. The van der Waals surface area contributed by atoms with Crippen LogP contribution in [0.25, 0.3) is 0 Å². The van der Waals surface area contributed by atoms with Gasteiger partial charge >= 0.3 is 0 Å². The zero-order valence-corrected chi connectivity index (χ0v) is 19.3. The van der Waals surface area contributed by atoms with Crippen LogP contribution in [0.4, 0.5) is 0 Å². The van der Waals surface area contributed by atoms with Gasteiger partial charge in [-0.15, -0.1) is 0 Å². The van der Waals surface area contributed by atoms with E-state index in [9.17, 15) is 0 Å². The molecule has 0 unspecified atom stereocenters. The lowest BCUT2D eigenvalue weighted by Gasteiger charge is -2.76. The number of benzene rings is 1. The summed E-state index contributed by atoms with van der Waals surface area (Å²) in [5.41, 5.74) is 0. The highest BCUT2D eigenvalue weighted by molar-refractivity contribution is 7.24. The van der Waals surface area contributed by atoms with Crippen LogP contribution in [0.2, 0.25) is 58.9 Å². The summed E-state index contributed by atoms with van der Waals surface area (Å²) in [6.45, 7) is 23.0. The fourth-order valence-corrected chi connectivity index (χ4v) is 44.1. The van der Waals surface area contributed by atoms with Gasteiger partial charge in [-0.2, -0.15) is 0 Å². The van der Waals surface area contributed by atoms with Crippen molar-refractivity contribution >= 4 is 38.5 Å². The molecule has 1 aromatic carbocycles. The van der Waals surface area contributed by atoms with Crippen LogP contribution >= 0.6 is 0 Å². The highest BCUT2D eigenvalue weighted by atomic mass is 28.6. The van der Waals surface area contributed by atoms with E-state index in [1.807, 2.05) is 0 Å². The van der Waals surface area contributed by atoms with Crippen molar-refractivity contribution in [3.05, 3.63) is 30.3 Å². The first-order valence-electron chi connectivity index (χ1n) is 8.00. The molecule has 0 aliphatic carbocycles. The Labute approximate surface area is 135 Å². The van der Waals surface area contributed by atoms with Gasteiger partial charge in [-0.3, -0.25) is 0 Å². The number of hydrogen-bond donors (Lipinski definition) is 0. The van der Waals surface area contributed by atoms with Crippen molar-refractivity contribution in [2.45, 2.75) is 58.9 Å². The predicted molar refractivity (Wildman–Crippen MR) is 106 cm³/mol. The summed E-state index contributed by atoms with van der Waals surface area (Å²) >= 11 is 0. The second-order valence-corrected chi connectivity index (χ2v) is 28.6. The Morgan fingerprint density at radius 3 is 1.43 bits per heavy atom. The summed E-state index contributed by atoms with van der Waals surface area (Å²) in [5, 5.41) is 1.61. The monoisotopic (exact) mass is 352 g/mol. The van der Waals surface area contributed by atoms with E-state index in [4.69, 9.17) is 0 Å². The molecule has 0 N–H and O–H groups in total. The Kier molecular flexibility index (Phi) is 4.14. The smallest absolute Gasteiger partial charge is 0.211 e. The van der Waals surface area contributed by atoms with Crippen LogP contribution in [0.15, 0.2) is 30.3 Å². The fraction of sp³-hybridized carbons (Fsp3) is 0.600. The second-order valence-electron chi connectivity index (χ2n) is 8.89. The first-order valence-corrected chi connectivity index (χ1v) is 20.2. The molecule has 0 radical (unpaired) electrons. The Balaban J connectivity index is 2.63. The maximum atomic E-state index is 3.10. The van der Waals surface area contributed by atoms with Crippen molar-refractivity contribution in [3.8, 4) is 0 Å². The minimum atomic E-state index is -1.69. The molecule has 2 nitrogen and oxygen atoms in total. The molecule has 0 amide bonds. The van der Waals surface area contributed by atoms with Gasteiger partial charge in [0.25, 0.3) is 0 Å². The highest BCUT2D eigenvalue weighted by Crippen LogP contribution is 2.45. The predicted octanol–water partition coefficient (Wildman–Crippen LogP) is 3.95. The van der Waals surface area contributed by atoms with Gasteiger partial charge in [0.1, 0.15) is 16.5 Å². The molecule has 118 valence electrons. The fourth-order valence-electron chi connectivity index (χ4n) is 5.18. The zero-order valence-electron chi connectivity index (χ0n) is 15.3. The van der Waals surface area contributed by atoms with E-state index in [-0.39, 0.29) is 0 Å². The zero-order chi connectivity index (χ0) is 16.3. The molecular formula is C15H32N2Si4. The Bertz CT molecular complexity index is 493. The summed E-state index contributed by atoms with van der Waals surface area (Å²) < 4.78 is 6.20. The molecule has 0 aromatic heterocycles. The van der Waals surface area contributed by atoms with Crippen LogP contribution in [0.3, 0.4) is 0 Å². The van der Waals surface area contributed by atoms with Gasteiger partial charge in [0.05, 0.1) is 0 Å². The molecule has 1 heterocycles. The third-order valence-electron chi connectivity index (χ3n) is 4.63. The van der Waals surface area contributed by atoms with Crippen molar-refractivity contribution in [3.63, 3.8) is 0 Å². The van der Waals surface area contributed by atoms with Gasteiger partial charge in [-0.25, -0.2) is 0 Å². The lowest BCUT2D eigenvalue weighted by atomic mass is 10.4. The van der Waals surface area contributed by atoms with E-state index in [0.717, 1.165) is 0 Å². The molecule has 1 aromatic rings. The van der Waals surface area contributed by atoms with Gasteiger partial charge in [-0.1, -0.05) is 69.6 Å². The molecular weight excluding hydrogens is 321 g/mol. The van der Waals surface area contributed by atoms with Gasteiger partial charge < -0.3 is 7.79 Å². The van der Waals surface area contributed by atoms with Crippen molar-refractivity contribution in [2.24, 2.45) is 0 Å². The number of hydrogen-bond acceptors (Lipinski definition) is 2. The number of nitrogens with zero attached hydrogens (tertiary/aromatic N) is 2. The van der Waals surface area contributed by atoms with Crippen molar-refractivity contribution in [1.29, 1.82) is 0 Å². The van der Waals surface area contributed by atoms with Crippen LogP contribution in [-0.2, 0) is 0 Å². The Morgan fingerprint density at radius 2 is 1.10 bits per heavy atom. The summed E-state index contributed by atoms with van der Waals surface area (Å²) in [6, 6.07) is 11.4. The Morgan fingerprint density at radius 1 is 0.714 bits per heavy atom. The first-order chi connectivity index (χ1) is 9.34. The van der Waals surface area contributed by atoms with Crippen molar-refractivity contribution in [2.75, 3.05) is 0 Å². The molecule has 21 heavy (non-hydrogen) atoms. The molecule has 1 saturated heterocycles. The van der Waals surface area contributed by atoms with Gasteiger partial charge in [-0.05, 0) is 24.8 Å². The summed E-state index contributed by atoms with van der Waals surface area (Å²) in [6.07, 6.45) is 0. The summed E-state index contributed by atoms with van der Waals surface area (Å²) in [5.74, 6) is 0. The average Bonchev–Trinajstić information content (AvgIpc) is 2.23. The van der Waals surface area contributed by atoms with Crippen LogP contribution in [0.5, 0.6) is 0 Å². The van der Waals surface area contributed by atoms with E-state index < -0.39 is 33.3 Å². The average molecular weight is 353 g/mol. The van der Waals surface area contributed by atoms with Gasteiger partial charge in [0.15, 0.2) is 8.40 Å². The van der Waals surface area contributed by atoms with Gasteiger partial charge in [0.2, 0.25) is 8.40 Å². The minimum absolute atomic E-state index is 1.31. The van der Waals surface area contributed by atoms with E-state index in [2.05, 4.69) is 97.0 Å². The minimum Gasteiger partial charge on any atom is -0.342 e. The third-order valence-corrected chi connectivity index (χ3v) is 32.5. The molecule has 0 saturated carbocycles. The molecule has 1 fully saturated rings. The largest absolute Gasteiger partial charge is 0.342 e. The van der Waals surface area contributed by atoms with Crippen LogP contribution in [-0.4, -0.2) is 41.1 Å². The van der Waals surface area contributed by atoms with Crippen LogP contribution < -0.4 is 5.19 Å². The molecule has 0 spiro atoms. The lowest BCUT2D eigenvalue weighted by Crippen LogP contribution is -3.00. The van der Waals surface area contributed by atoms with E-state index in [0.29, 0.717) is 0 Å². The lowest BCUT2D eigenvalue weighted by molar-refractivity contribution is 0.625. The maximum Gasteiger partial charge on any atom is 0.211 e. The second kappa shape index (κ2) is 5.00. The van der Waals surface area contributed by atoms with Crippen molar-refractivity contribution < 1.29 is 0 Å². The summed E-state index contributed by atoms with van der Waals surface area (Å²) in [4.78, 5) is 0. The highest BCUT2D eigenvalue weighted by Gasteiger charge is 2.69. The maximum absolute atomic E-state index is 3.10. The topological polar surface area (TPSA) is 6.48 Å². The SMILES string of the molecule is C[Si](C)(C)N1[Si](C)(C)N([Si](C)(C)C)[Si]1(C)c1ccccc1. The number of rotatable bonds is 3. The van der Waals surface area contributed by atoms with E-state index in [1.165, 1.54) is 0 Å². The Hall–Kier alpha value is 0.00753. The van der Waals surface area contributed by atoms with E-state index >= 15 is 0 Å². The molecule has 0 bridgehead atoms. The van der Waals surface area contributed by atoms with Crippen LogP contribution in [0, 0.1) is 0 Å². The molecule has 1 aliphatic heterocycles. The van der Waals surface area contributed by atoms with Crippen molar-refractivity contribution in [1.82, 2.24) is 7.79 Å². The van der Waals surface area contributed by atoms with Gasteiger partial charge in [0, 0.05) is 0 Å².